The Kier molecular flexibility index (Phi) is 62.2. The Morgan fingerprint density at radius 3 is 0.818 bits per heavy atom. The van der Waals surface area contributed by atoms with Gasteiger partial charge in [0.15, 0.2) is 6.10 Å². The largest absolute Gasteiger partial charge is 0.462 e. The lowest BCUT2D eigenvalue weighted by Gasteiger charge is -2.18. The Morgan fingerprint density at radius 1 is 0.273 bits per heavy atom. The number of carbonyl (C=O) groups excluding carboxylic acids is 3. The number of unbranched alkanes of at least 4 members (excludes halogenated alkanes) is 35. The van der Waals surface area contributed by atoms with Gasteiger partial charge in [0.1, 0.15) is 13.2 Å². The van der Waals surface area contributed by atoms with Crippen molar-refractivity contribution in [2.75, 3.05) is 13.2 Å². The SMILES string of the molecule is CC/C=C\C/C=C\C/C=C\C/C=C\CCCCCCCCCCCCCCCCCCC(=O)OCC(COC(=O)CCCCCCC/C=C\CCCCCCC)OC(=O)CCCCCCC/C=C\C/C=C\CCCCCC. The highest BCUT2D eigenvalue weighted by Crippen LogP contribution is 2.17. The molecule has 0 N–H and O–H groups in total. The molecule has 0 aromatic heterocycles. The van der Waals surface area contributed by atoms with Crippen LogP contribution in [0.1, 0.15) is 329 Å². The summed E-state index contributed by atoms with van der Waals surface area (Å²) in [4.78, 5) is 38.3. The van der Waals surface area contributed by atoms with Crippen LogP contribution in [0.3, 0.4) is 0 Å². The average molecular weight is 1070 g/mol. The van der Waals surface area contributed by atoms with Gasteiger partial charge in [0.25, 0.3) is 0 Å². The smallest absolute Gasteiger partial charge is 0.306 e. The van der Waals surface area contributed by atoms with E-state index in [2.05, 4.69) is 106 Å². The van der Waals surface area contributed by atoms with E-state index in [1.54, 1.807) is 0 Å². The van der Waals surface area contributed by atoms with Crippen molar-refractivity contribution in [3.8, 4) is 0 Å². The van der Waals surface area contributed by atoms with Crippen LogP contribution in [0.25, 0.3) is 0 Å². The summed E-state index contributed by atoms with van der Waals surface area (Å²) in [6, 6.07) is 0. The van der Waals surface area contributed by atoms with Crippen LogP contribution in [0.2, 0.25) is 0 Å². The number of hydrogen-bond acceptors (Lipinski definition) is 6. The number of allylic oxidation sites excluding steroid dienone is 14. The zero-order valence-electron chi connectivity index (χ0n) is 51.0. The van der Waals surface area contributed by atoms with Crippen LogP contribution in [-0.2, 0) is 28.6 Å². The maximum atomic E-state index is 12.9. The molecule has 0 spiro atoms. The molecule has 0 bridgehead atoms. The summed E-state index contributed by atoms with van der Waals surface area (Å²) in [5, 5.41) is 0. The first kappa shape index (κ1) is 73.6. The lowest BCUT2D eigenvalue weighted by molar-refractivity contribution is -0.167. The van der Waals surface area contributed by atoms with Crippen LogP contribution in [0.15, 0.2) is 85.1 Å². The van der Waals surface area contributed by atoms with Gasteiger partial charge in [0, 0.05) is 19.3 Å². The standard InChI is InChI=1S/C71H124O6/c1-4-7-10-13-16-19-22-25-28-30-31-32-33-34-35-36-37-38-39-40-41-42-44-46-49-52-55-58-61-64-70(73)76-67-68(66-75-69(72)63-60-57-54-51-48-45-27-24-21-18-15-12-9-6-3)77-71(74)65-62-59-56-53-50-47-43-29-26-23-20-17-14-11-8-5-2/h7,10,16,19-20,23-25,27-29,31-32,43,68H,4-6,8-9,11-15,17-18,21-22,26,30,33-42,44-67H2,1-3H3/b10-7-,19-16-,23-20-,27-24-,28-25-,32-31-,43-29-. The molecule has 1 atom stereocenters. The van der Waals surface area contributed by atoms with Gasteiger partial charge in [-0.2, -0.15) is 0 Å². The van der Waals surface area contributed by atoms with Crippen LogP contribution in [0, 0.1) is 0 Å². The first-order valence-corrected chi connectivity index (χ1v) is 33.1. The molecule has 0 heterocycles. The summed E-state index contributed by atoms with van der Waals surface area (Å²) in [6.45, 7) is 6.52. The summed E-state index contributed by atoms with van der Waals surface area (Å²) in [7, 11) is 0. The second-order valence-corrected chi connectivity index (χ2v) is 22.0. The second-order valence-electron chi connectivity index (χ2n) is 22.0. The van der Waals surface area contributed by atoms with Crippen molar-refractivity contribution in [3.63, 3.8) is 0 Å². The van der Waals surface area contributed by atoms with Crippen molar-refractivity contribution >= 4 is 17.9 Å². The van der Waals surface area contributed by atoms with Crippen LogP contribution in [0.5, 0.6) is 0 Å². The van der Waals surface area contributed by atoms with E-state index in [-0.39, 0.29) is 31.1 Å². The molecule has 0 aromatic carbocycles. The summed E-state index contributed by atoms with van der Waals surface area (Å²) in [6.07, 6.45) is 86.0. The molecule has 0 radical (unpaired) electrons. The van der Waals surface area contributed by atoms with E-state index < -0.39 is 6.10 Å². The Labute approximate surface area is 477 Å². The van der Waals surface area contributed by atoms with Crippen LogP contribution >= 0.6 is 0 Å². The van der Waals surface area contributed by atoms with Crippen molar-refractivity contribution in [2.45, 2.75) is 335 Å². The Balaban J connectivity index is 4.24. The molecular weight excluding hydrogens is 949 g/mol. The molecule has 77 heavy (non-hydrogen) atoms. The highest BCUT2D eigenvalue weighted by molar-refractivity contribution is 5.71. The Morgan fingerprint density at radius 2 is 0.506 bits per heavy atom. The fraction of sp³-hybridized carbons (Fsp3) is 0.761. The molecule has 6 nitrogen and oxygen atoms in total. The van der Waals surface area contributed by atoms with Crippen molar-refractivity contribution < 1.29 is 28.6 Å². The number of ether oxygens (including phenoxy) is 3. The Hall–Kier alpha value is -3.41. The van der Waals surface area contributed by atoms with Crippen molar-refractivity contribution in [3.05, 3.63) is 85.1 Å². The molecule has 1 unspecified atom stereocenters. The zero-order valence-corrected chi connectivity index (χ0v) is 51.0. The van der Waals surface area contributed by atoms with E-state index in [0.717, 1.165) is 116 Å². The lowest BCUT2D eigenvalue weighted by Crippen LogP contribution is -2.30. The molecule has 0 amide bonds. The van der Waals surface area contributed by atoms with Gasteiger partial charge in [0.2, 0.25) is 0 Å². The topological polar surface area (TPSA) is 78.9 Å². The Bertz CT molecular complexity index is 1470. The monoisotopic (exact) mass is 1070 g/mol. The molecular formula is C71H124O6. The van der Waals surface area contributed by atoms with Gasteiger partial charge in [-0.15, -0.1) is 0 Å². The number of esters is 3. The van der Waals surface area contributed by atoms with E-state index in [0.29, 0.717) is 19.3 Å². The molecule has 0 saturated heterocycles. The fourth-order valence-corrected chi connectivity index (χ4v) is 9.40. The molecule has 0 aliphatic rings. The second kappa shape index (κ2) is 65.1. The highest BCUT2D eigenvalue weighted by Gasteiger charge is 2.19. The minimum atomic E-state index is -0.787. The van der Waals surface area contributed by atoms with E-state index in [9.17, 15) is 14.4 Å². The van der Waals surface area contributed by atoms with Gasteiger partial charge in [0.05, 0.1) is 0 Å². The summed E-state index contributed by atoms with van der Waals surface area (Å²) >= 11 is 0. The summed E-state index contributed by atoms with van der Waals surface area (Å²) < 4.78 is 16.9. The van der Waals surface area contributed by atoms with Gasteiger partial charge in [-0.3, -0.25) is 14.4 Å². The summed E-state index contributed by atoms with van der Waals surface area (Å²) in [5.74, 6) is -0.891. The molecule has 0 aliphatic carbocycles. The third kappa shape index (κ3) is 63.3. The maximum Gasteiger partial charge on any atom is 0.306 e. The van der Waals surface area contributed by atoms with E-state index in [1.807, 2.05) is 0 Å². The molecule has 0 aromatic rings. The number of hydrogen-bond donors (Lipinski definition) is 0. The van der Waals surface area contributed by atoms with Crippen LogP contribution < -0.4 is 0 Å². The van der Waals surface area contributed by atoms with Gasteiger partial charge < -0.3 is 14.2 Å². The minimum absolute atomic E-state index is 0.0822. The quantitative estimate of drug-likeness (QED) is 0.0261. The third-order valence-electron chi connectivity index (χ3n) is 14.4. The van der Waals surface area contributed by atoms with E-state index >= 15 is 0 Å². The van der Waals surface area contributed by atoms with Gasteiger partial charge in [-0.05, 0) is 116 Å². The number of rotatable bonds is 60. The minimum Gasteiger partial charge on any atom is -0.462 e. The molecule has 444 valence electrons. The van der Waals surface area contributed by atoms with Gasteiger partial charge in [-0.25, -0.2) is 0 Å². The van der Waals surface area contributed by atoms with E-state index in [1.165, 1.54) is 173 Å². The normalized spacial score (nSPS) is 12.6. The predicted octanol–water partition coefficient (Wildman–Crippen LogP) is 22.7. The zero-order chi connectivity index (χ0) is 55.7. The van der Waals surface area contributed by atoms with Gasteiger partial charge in [-0.1, -0.05) is 279 Å². The predicted molar refractivity (Wildman–Crippen MR) is 334 cm³/mol. The molecule has 0 saturated carbocycles. The van der Waals surface area contributed by atoms with Crippen molar-refractivity contribution in [1.29, 1.82) is 0 Å². The van der Waals surface area contributed by atoms with Crippen molar-refractivity contribution in [1.82, 2.24) is 0 Å². The maximum absolute atomic E-state index is 12.9. The first-order valence-electron chi connectivity index (χ1n) is 33.1. The molecule has 0 aliphatic heterocycles. The highest BCUT2D eigenvalue weighted by atomic mass is 16.6. The summed E-state index contributed by atoms with van der Waals surface area (Å²) in [5.41, 5.74) is 0. The van der Waals surface area contributed by atoms with E-state index in [4.69, 9.17) is 14.2 Å². The molecule has 0 fully saturated rings. The first-order chi connectivity index (χ1) is 38.0. The third-order valence-corrected chi connectivity index (χ3v) is 14.4. The average Bonchev–Trinajstić information content (AvgIpc) is 3.43. The fourth-order valence-electron chi connectivity index (χ4n) is 9.40. The molecule has 6 heteroatoms. The number of carbonyl (C=O) groups is 3. The lowest BCUT2D eigenvalue weighted by atomic mass is 10.0. The van der Waals surface area contributed by atoms with Crippen LogP contribution in [0.4, 0.5) is 0 Å². The molecule has 0 rings (SSSR count). The van der Waals surface area contributed by atoms with Crippen molar-refractivity contribution in [2.24, 2.45) is 0 Å². The van der Waals surface area contributed by atoms with Crippen LogP contribution in [-0.4, -0.2) is 37.2 Å². The van der Waals surface area contributed by atoms with Gasteiger partial charge >= 0.3 is 17.9 Å².